The first-order valence-electron chi connectivity index (χ1n) is 6.75. The summed E-state index contributed by atoms with van der Waals surface area (Å²) in [7, 11) is 0. The molecule has 110 valence electrons. The molecule has 1 aliphatic heterocycles. The number of carbonyl (C=O) groups is 1. The third kappa shape index (κ3) is 3.30. The van der Waals surface area contributed by atoms with Crippen molar-refractivity contribution in [2.45, 2.75) is 18.9 Å². The number of nitrogens with zero attached hydrogens (tertiary/aromatic N) is 3. The Hall–Kier alpha value is -1.31. The van der Waals surface area contributed by atoms with E-state index in [0.29, 0.717) is 10.6 Å². The SMILES string of the molecule is NC1CCN(c2csc(C(=O)c3cncc(Br)c3)n2)CC1. The standard InChI is InChI=1S/C14H15BrN4OS/c15-10-5-9(6-17-7-10)13(20)14-18-12(8-21-14)19-3-1-11(16)2-4-19/h5-8,11H,1-4,16H2. The summed E-state index contributed by atoms with van der Waals surface area (Å²) in [5.74, 6) is 0.784. The molecular weight excluding hydrogens is 352 g/mol. The first kappa shape index (κ1) is 14.6. The average molecular weight is 367 g/mol. The molecule has 5 nitrogen and oxygen atoms in total. The highest BCUT2D eigenvalue weighted by Gasteiger charge is 2.20. The Morgan fingerprint density at radius 2 is 2.14 bits per heavy atom. The number of ketones is 1. The van der Waals surface area contributed by atoms with Crippen LogP contribution in [-0.2, 0) is 0 Å². The second-order valence-corrected chi connectivity index (χ2v) is 6.83. The van der Waals surface area contributed by atoms with Crippen molar-refractivity contribution in [1.29, 1.82) is 0 Å². The van der Waals surface area contributed by atoms with Crippen LogP contribution in [0.1, 0.15) is 28.2 Å². The van der Waals surface area contributed by atoms with Gasteiger partial charge in [-0.05, 0) is 34.8 Å². The van der Waals surface area contributed by atoms with E-state index in [4.69, 9.17) is 5.73 Å². The monoisotopic (exact) mass is 366 g/mol. The zero-order valence-corrected chi connectivity index (χ0v) is 13.7. The van der Waals surface area contributed by atoms with Gasteiger partial charge in [0.25, 0.3) is 0 Å². The topological polar surface area (TPSA) is 72.1 Å². The average Bonchev–Trinajstić information content (AvgIpc) is 2.97. The molecule has 0 atom stereocenters. The van der Waals surface area contributed by atoms with E-state index in [9.17, 15) is 4.79 Å². The molecule has 3 heterocycles. The maximum Gasteiger partial charge on any atom is 0.223 e. The number of nitrogens with two attached hydrogens (primary N) is 1. The molecule has 2 N–H and O–H groups in total. The van der Waals surface area contributed by atoms with Gasteiger partial charge in [-0.1, -0.05) is 0 Å². The molecule has 1 aliphatic rings. The van der Waals surface area contributed by atoms with Gasteiger partial charge in [-0.15, -0.1) is 11.3 Å². The number of thiazole rings is 1. The highest BCUT2D eigenvalue weighted by molar-refractivity contribution is 9.10. The summed E-state index contributed by atoms with van der Waals surface area (Å²) >= 11 is 4.70. The van der Waals surface area contributed by atoms with Crippen molar-refractivity contribution >= 4 is 38.9 Å². The molecule has 0 spiro atoms. The largest absolute Gasteiger partial charge is 0.356 e. The minimum atomic E-state index is -0.0891. The quantitative estimate of drug-likeness (QED) is 0.844. The lowest BCUT2D eigenvalue weighted by Gasteiger charge is -2.30. The molecule has 0 radical (unpaired) electrons. The number of pyridine rings is 1. The predicted octanol–water partition coefficient (Wildman–Crippen LogP) is 2.46. The van der Waals surface area contributed by atoms with Crippen LogP contribution in [0.5, 0.6) is 0 Å². The van der Waals surface area contributed by atoms with Crippen molar-refractivity contribution in [1.82, 2.24) is 9.97 Å². The lowest BCUT2D eigenvalue weighted by atomic mass is 10.1. The number of anilines is 1. The van der Waals surface area contributed by atoms with Crippen LogP contribution in [0, 0.1) is 0 Å². The Morgan fingerprint density at radius 3 is 2.86 bits per heavy atom. The van der Waals surface area contributed by atoms with Crippen molar-refractivity contribution in [2.24, 2.45) is 5.73 Å². The smallest absolute Gasteiger partial charge is 0.223 e. The first-order chi connectivity index (χ1) is 10.1. The normalized spacial score (nSPS) is 16.2. The molecule has 21 heavy (non-hydrogen) atoms. The summed E-state index contributed by atoms with van der Waals surface area (Å²) in [4.78, 5) is 23.1. The van der Waals surface area contributed by atoms with E-state index in [1.54, 1.807) is 18.5 Å². The van der Waals surface area contributed by atoms with Crippen LogP contribution in [0.2, 0.25) is 0 Å². The molecule has 3 rings (SSSR count). The molecule has 1 saturated heterocycles. The highest BCUT2D eigenvalue weighted by atomic mass is 79.9. The van der Waals surface area contributed by atoms with E-state index in [-0.39, 0.29) is 11.8 Å². The molecule has 0 aliphatic carbocycles. The predicted molar refractivity (Wildman–Crippen MR) is 86.9 cm³/mol. The molecule has 2 aromatic heterocycles. The number of aromatic nitrogens is 2. The van der Waals surface area contributed by atoms with Crippen LogP contribution in [0.15, 0.2) is 28.3 Å². The van der Waals surface area contributed by atoms with Crippen molar-refractivity contribution in [3.05, 3.63) is 38.9 Å². The van der Waals surface area contributed by atoms with Crippen LogP contribution in [0.4, 0.5) is 5.82 Å². The van der Waals surface area contributed by atoms with Crippen molar-refractivity contribution < 1.29 is 4.79 Å². The summed E-state index contributed by atoms with van der Waals surface area (Å²) in [6.07, 6.45) is 5.15. The van der Waals surface area contributed by atoms with Crippen molar-refractivity contribution in [3.8, 4) is 0 Å². The Morgan fingerprint density at radius 1 is 1.38 bits per heavy atom. The molecule has 2 aromatic rings. The summed E-state index contributed by atoms with van der Waals surface area (Å²) in [6, 6.07) is 2.05. The number of piperidine rings is 1. The van der Waals surface area contributed by atoms with E-state index >= 15 is 0 Å². The molecule has 7 heteroatoms. The fraction of sp³-hybridized carbons (Fsp3) is 0.357. The summed E-state index contributed by atoms with van der Waals surface area (Å²) in [5.41, 5.74) is 6.46. The second-order valence-electron chi connectivity index (χ2n) is 5.06. The molecule has 0 amide bonds. The maximum atomic E-state index is 12.4. The Labute approximate surface area is 135 Å². The lowest BCUT2D eigenvalue weighted by Crippen LogP contribution is -2.39. The third-order valence-corrected chi connectivity index (χ3v) is 4.78. The van der Waals surface area contributed by atoms with Gasteiger partial charge in [-0.25, -0.2) is 4.98 Å². The van der Waals surface area contributed by atoms with Crippen LogP contribution < -0.4 is 10.6 Å². The molecule has 0 bridgehead atoms. The molecular formula is C14H15BrN4OS. The van der Waals surface area contributed by atoms with Gasteiger partial charge in [-0.2, -0.15) is 0 Å². The fourth-order valence-electron chi connectivity index (χ4n) is 2.30. The lowest BCUT2D eigenvalue weighted by molar-refractivity contribution is 0.103. The first-order valence-corrected chi connectivity index (χ1v) is 8.42. The Bertz CT molecular complexity index is 652. The van der Waals surface area contributed by atoms with Crippen LogP contribution in [0.25, 0.3) is 0 Å². The summed E-state index contributed by atoms with van der Waals surface area (Å²) < 4.78 is 0.787. The van der Waals surface area contributed by atoms with Crippen LogP contribution in [-0.4, -0.2) is 34.9 Å². The zero-order valence-electron chi connectivity index (χ0n) is 11.3. The van der Waals surface area contributed by atoms with Gasteiger partial charge in [0.2, 0.25) is 5.78 Å². The van der Waals surface area contributed by atoms with Crippen molar-refractivity contribution in [3.63, 3.8) is 0 Å². The van der Waals surface area contributed by atoms with Gasteiger partial charge in [0.1, 0.15) is 5.82 Å². The Kier molecular flexibility index (Phi) is 4.32. The molecule has 1 fully saturated rings. The fourth-order valence-corrected chi connectivity index (χ4v) is 3.46. The van der Waals surface area contributed by atoms with Gasteiger partial charge in [0.15, 0.2) is 5.01 Å². The number of hydrogen-bond acceptors (Lipinski definition) is 6. The van der Waals surface area contributed by atoms with Crippen LogP contribution in [0.3, 0.4) is 0 Å². The van der Waals surface area contributed by atoms with Crippen molar-refractivity contribution in [2.75, 3.05) is 18.0 Å². The van der Waals surface area contributed by atoms with E-state index in [1.807, 2.05) is 5.38 Å². The summed E-state index contributed by atoms with van der Waals surface area (Å²) in [5, 5.41) is 2.44. The number of rotatable bonds is 3. The summed E-state index contributed by atoms with van der Waals surface area (Å²) in [6.45, 7) is 1.80. The van der Waals surface area contributed by atoms with Gasteiger partial charge in [0.05, 0.1) is 0 Å². The second kappa shape index (κ2) is 6.21. The third-order valence-electron chi connectivity index (χ3n) is 3.52. The minimum Gasteiger partial charge on any atom is -0.356 e. The van der Waals surface area contributed by atoms with Gasteiger partial charge >= 0.3 is 0 Å². The number of carbonyl (C=O) groups excluding carboxylic acids is 1. The van der Waals surface area contributed by atoms with E-state index in [2.05, 4.69) is 30.8 Å². The molecule has 0 aromatic carbocycles. The van der Waals surface area contributed by atoms with Gasteiger partial charge in [-0.3, -0.25) is 9.78 Å². The number of hydrogen-bond donors (Lipinski definition) is 1. The molecule has 0 unspecified atom stereocenters. The van der Waals surface area contributed by atoms with E-state index in [1.165, 1.54) is 11.3 Å². The maximum absolute atomic E-state index is 12.4. The van der Waals surface area contributed by atoms with E-state index < -0.39 is 0 Å². The Balaban J connectivity index is 1.77. The molecule has 0 saturated carbocycles. The van der Waals surface area contributed by atoms with Crippen LogP contribution >= 0.6 is 27.3 Å². The zero-order chi connectivity index (χ0) is 14.8. The minimum absolute atomic E-state index is 0.0891. The van der Waals surface area contributed by atoms with E-state index in [0.717, 1.165) is 36.2 Å². The van der Waals surface area contributed by atoms with Gasteiger partial charge < -0.3 is 10.6 Å². The number of halogens is 1. The van der Waals surface area contributed by atoms with Gasteiger partial charge in [0, 0.05) is 46.9 Å². The highest BCUT2D eigenvalue weighted by Crippen LogP contribution is 2.24.